The predicted molar refractivity (Wildman–Crippen MR) is 128 cm³/mol. The molecule has 1 unspecified atom stereocenters. The molecule has 33 heavy (non-hydrogen) atoms. The molecule has 0 bridgehead atoms. The van der Waals surface area contributed by atoms with E-state index in [2.05, 4.69) is 33.4 Å². The molecule has 174 valence electrons. The summed E-state index contributed by atoms with van der Waals surface area (Å²) in [5.41, 5.74) is 8.63. The van der Waals surface area contributed by atoms with Gasteiger partial charge in [0.1, 0.15) is 5.75 Å². The lowest BCUT2D eigenvalue weighted by molar-refractivity contribution is -0.127. The number of carbonyl (C=O) groups is 2. The zero-order valence-corrected chi connectivity index (χ0v) is 19.0. The highest BCUT2D eigenvalue weighted by Gasteiger charge is 2.32. The maximum atomic E-state index is 12.0. The minimum Gasteiger partial charge on any atom is -0.484 e. The van der Waals surface area contributed by atoms with Gasteiger partial charge in [0, 0.05) is 51.3 Å². The second kappa shape index (κ2) is 10.4. The Morgan fingerprint density at radius 2 is 2.09 bits per heavy atom. The number of nitrogens with two attached hydrogens (primary N) is 1. The van der Waals surface area contributed by atoms with E-state index in [1.165, 1.54) is 5.56 Å². The van der Waals surface area contributed by atoms with Gasteiger partial charge in [-0.05, 0) is 42.2 Å². The standard InChI is InChI=1S/C25H31N5O3/c1-27-25(28-15-18-6-4-7-20(14-18)33-17-23(26)31)30-16-19(21-8-2-3-9-22(21)30)11-13-29-12-5-10-24(29)32/h2-4,6-9,14,19H,5,10-13,15-17H2,1H3,(H2,26,31)(H,27,28). The molecule has 0 radical (unpaired) electrons. The monoisotopic (exact) mass is 449 g/mol. The number of benzene rings is 2. The van der Waals surface area contributed by atoms with Crippen LogP contribution >= 0.6 is 0 Å². The van der Waals surface area contributed by atoms with Crippen LogP contribution in [0.1, 0.15) is 36.3 Å². The molecule has 2 amide bonds. The molecule has 4 rings (SSSR count). The van der Waals surface area contributed by atoms with Gasteiger partial charge in [0.2, 0.25) is 5.91 Å². The van der Waals surface area contributed by atoms with Crippen molar-refractivity contribution >= 4 is 23.5 Å². The first-order valence-electron chi connectivity index (χ1n) is 11.4. The quantitative estimate of drug-likeness (QED) is 0.476. The van der Waals surface area contributed by atoms with Crippen LogP contribution in [0.25, 0.3) is 0 Å². The Morgan fingerprint density at radius 3 is 2.85 bits per heavy atom. The molecule has 8 heteroatoms. The van der Waals surface area contributed by atoms with Gasteiger partial charge in [0.25, 0.3) is 5.91 Å². The first-order valence-corrected chi connectivity index (χ1v) is 11.4. The van der Waals surface area contributed by atoms with Crippen molar-refractivity contribution in [1.29, 1.82) is 0 Å². The van der Waals surface area contributed by atoms with Gasteiger partial charge >= 0.3 is 0 Å². The van der Waals surface area contributed by atoms with E-state index < -0.39 is 5.91 Å². The SMILES string of the molecule is CN=C(NCc1cccc(OCC(N)=O)c1)N1CC(CCN2CCCC2=O)c2ccccc21. The molecule has 2 heterocycles. The largest absolute Gasteiger partial charge is 0.484 e. The maximum absolute atomic E-state index is 12.0. The number of likely N-dealkylation sites (tertiary alicyclic amines) is 1. The number of ether oxygens (including phenoxy) is 1. The molecule has 1 saturated heterocycles. The Morgan fingerprint density at radius 1 is 1.24 bits per heavy atom. The van der Waals surface area contributed by atoms with Crippen LogP contribution in [0.4, 0.5) is 5.69 Å². The van der Waals surface area contributed by atoms with Crippen molar-refractivity contribution < 1.29 is 14.3 Å². The van der Waals surface area contributed by atoms with Gasteiger partial charge in [-0.3, -0.25) is 14.6 Å². The third-order valence-electron chi connectivity index (χ3n) is 6.19. The minimum absolute atomic E-state index is 0.145. The van der Waals surface area contributed by atoms with Gasteiger partial charge in [-0.2, -0.15) is 0 Å². The van der Waals surface area contributed by atoms with Crippen molar-refractivity contribution in [1.82, 2.24) is 10.2 Å². The van der Waals surface area contributed by atoms with Crippen molar-refractivity contribution in [3.63, 3.8) is 0 Å². The Hall–Kier alpha value is -3.55. The molecule has 0 spiro atoms. The molecular formula is C25H31N5O3. The number of hydrogen-bond donors (Lipinski definition) is 2. The van der Waals surface area contributed by atoms with Gasteiger partial charge in [-0.1, -0.05) is 30.3 Å². The smallest absolute Gasteiger partial charge is 0.255 e. The number of nitrogens with zero attached hydrogens (tertiary/aromatic N) is 3. The second-order valence-corrected chi connectivity index (χ2v) is 8.44. The number of hydrogen-bond acceptors (Lipinski definition) is 4. The zero-order valence-electron chi connectivity index (χ0n) is 19.0. The summed E-state index contributed by atoms with van der Waals surface area (Å²) >= 11 is 0. The number of guanidine groups is 1. The highest BCUT2D eigenvalue weighted by Crippen LogP contribution is 2.38. The number of carbonyl (C=O) groups excluding carboxylic acids is 2. The molecule has 0 saturated carbocycles. The van der Waals surface area contributed by atoms with E-state index >= 15 is 0 Å². The number of anilines is 1. The first-order chi connectivity index (χ1) is 16.0. The average Bonchev–Trinajstić information content (AvgIpc) is 3.40. The van der Waals surface area contributed by atoms with Crippen molar-refractivity contribution in [2.75, 3.05) is 38.2 Å². The van der Waals surface area contributed by atoms with Crippen LogP contribution in [0.15, 0.2) is 53.5 Å². The van der Waals surface area contributed by atoms with Crippen molar-refractivity contribution in [2.24, 2.45) is 10.7 Å². The van der Waals surface area contributed by atoms with Gasteiger partial charge in [0.05, 0.1) is 0 Å². The van der Waals surface area contributed by atoms with Crippen molar-refractivity contribution in [3.05, 3.63) is 59.7 Å². The van der Waals surface area contributed by atoms with Crippen LogP contribution in [0.3, 0.4) is 0 Å². The van der Waals surface area contributed by atoms with Crippen molar-refractivity contribution in [3.8, 4) is 5.75 Å². The van der Waals surface area contributed by atoms with Crippen LogP contribution < -0.4 is 20.7 Å². The van der Waals surface area contributed by atoms with Gasteiger partial charge in [-0.15, -0.1) is 0 Å². The first kappa shape index (κ1) is 22.6. The van der Waals surface area contributed by atoms with E-state index in [0.29, 0.717) is 24.6 Å². The Kier molecular flexibility index (Phi) is 7.12. The Bertz CT molecular complexity index is 1040. The van der Waals surface area contributed by atoms with Gasteiger partial charge in [-0.25, -0.2) is 0 Å². The van der Waals surface area contributed by atoms with Crippen LogP contribution in [-0.4, -0.2) is 56.0 Å². The lowest BCUT2D eigenvalue weighted by atomic mass is 9.98. The fourth-order valence-corrected chi connectivity index (χ4v) is 4.57. The summed E-state index contributed by atoms with van der Waals surface area (Å²) in [7, 11) is 1.79. The summed E-state index contributed by atoms with van der Waals surface area (Å²) in [5, 5.41) is 3.45. The predicted octanol–water partition coefficient (Wildman–Crippen LogP) is 2.24. The third kappa shape index (κ3) is 5.45. The molecule has 0 aromatic heterocycles. The minimum atomic E-state index is -0.504. The molecule has 1 atom stereocenters. The van der Waals surface area contributed by atoms with Crippen LogP contribution in [-0.2, 0) is 16.1 Å². The van der Waals surface area contributed by atoms with Crippen LogP contribution in [0, 0.1) is 0 Å². The van der Waals surface area contributed by atoms with E-state index in [9.17, 15) is 9.59 Å². The van der Waals surface area contributed by atoms with E-state index in [4.69, 9.17) is 10.5 Å². The normalized spacial score (nSPS) is 17.9. The number of primary amides is 1. The number of aliphatic imine (C=N–C) groups is 1. The zero-order chi connectivity index (χ0) is 23.2. The summed E-state index contributed by atoms with van der Waals surface area (Å²) in [5.74, 6) is 1.52. The molecule has 2 aromatic carbocycles. The summed E-state index contributed by atoms with van der Waals surface area (Å²) < 4.78 is 5.41. The van der Waals surface area contributed by atoms with Crippen molar-refractivity contribution in [2.45, 2.75) is 31.7 Å². The summed E-state index contributed by atoms with van der Waals surface area (Å²) in [4.78, 5) is 31.7. The number of amides is 2. The maximum Gasteiger partial charge on any atom is 0.255 e. The molecule has 0 aliphatic carbocycles. The highest BCUT2D eigenvalue weighted by atomic mass is 16.5. The Balaban J connectivity index is 1.41. The van der Waals surface area contributed by atoms with Crippen LogP contribution in [0.2, 0.25) is 0 Å². The third-order valence-corrected chi connectivity index (χ3v) is 6.19. The summed E-state index contributed by atoms with van der Waals surface area (Å²) in [6.07, 6.45) is 2.59. The number of nitrogens with one attached hydrogen (secondary N) is 1. The van der Waals surface area contributed by atoms with Gasteiger partial charge < -0.3 is 25.6 Å². The average molecular weight is 450 g/mol. The van der Waals surface area contributed by atoms with Crippen LogP contribution in [0.5, 0.6) is 5.75 Å². The van der Waals surface area contributed by atoms with E-state index in [0.717, 1.165) is 49.7 Å². The van der Waals surface area contributed by atoms with E-state index in [1.807, 2.05) is 29.2 Å². The molecular weight excluding hydrogens is 418 g/mol. The molecule has 2 aromatic rings. The van der Waals surface area contributed by atoms with Gasteiger partial charge in [0.15, 0.2) is 12.6 Å². The van der Waals surface area contributed by atoms with E-state index in [-0.39, 0.29) is 12.5 Å². The second-order valence-electron chi connectivity index (χ2n) is 8.44. The molecule has 1 fully saturated rings. The molecule has 8 nitrogen and oxygen atoms in total. The Labute approximate surface area is 194 Å². The molecule has 3 N–H and O–H groups in total. The molecule has 2 aliphatic heterocycles. The molecule has 2 aliphatic rings. The van der Waals surface area contributed by atoms with E-state index in [1.54, 1.807) is 13.1 Å². The fraction of sp³-hybridized carbons (Fsp3) is 0.400. The highest BCUT2D eigenvalue weighted by molar-refractivity contribution is 5.98. The topological polar surface area (TPSA) is 100 Å². The number of rotatable bonds is 8. The fourth-order valence-electron chi connectivity index (χ4n) is 4.57. The summed E-state index contributed by atoms with van der Waals surface area (Å²) in [6, 6.07) is 16.0. The lowest BCUT2D eigenvalue weighted by Gasteiger charge is -2.23. The number of fused-ring (bicyclic) bond motifs is 1. The lowest BCUT2D eigenvalue weighted by Crippen LogP contribution is -2.40. The number of para-hydroxylation sites is 1. The summed E-state index contributed by atoms with van der Waals surface area (Å²) in [6.45, 7) is 2.92.